The minimum atomic E-state index is -0.285. The number of methoxy groups -OCH3 is 2. The average Bonchev–Trinajstić information content (AvgIpc) is 3.46. The number of hydrogen-bond acceptors (Lipinski definition) is 6. The summed E-state index contributed by atoms with van der Waals surface area (Å²) in [5.41, 5.74) is 3.47. The van der Waals surface area contributed by atoms with Crippen molar-refractivity contribution in [3.63, 3.8) is 0 Å². The van der Waals surface area contributed by atoms with E-state index in [1.54, 1.807) is 37.7 Å². The van der Waals surface area contributed by atoms with Crippen LogP contribution in [0.3, 0.4) is 0 Å². The zero-order valence-corrected chi connectivity index (χ0v) is 16.7. The molecule has 1 amide bonds. The minimum Gasteiger partial charge on any atom is -0.493 e. The summed E-state index contributed by atoms with van der Waals surface area (Å²) in [5.74, 6) is 1.33. The number of benzene rings is 2. The molecule has 0 atom stereocenters. The highest BCUT2D eigenvalue weighted by atomic mass is 32.1. The summed E-state index contributed by atoms with van der Waals surface area (Å²) in [5, 5.41) is 5.69. The molecule has 29 heavy (non-hydrogen) atoms. The van der Waals surface area contributed by atoms with Crippen molar-refractivity contribution < 1.29 is 18.7 Å². The molecule has 0 spiro atoms. The molecule has 1 N–H and O–H groups in total. The Morgan fingerprint density at radius 1 is 1.00 bits per heavy atom. The molecule has 0 bridgehead atoms. The Balaban J connectivity index is 1.51. The fourth-order valence-electron chi connectivity index (χ4n) is 2.83. The Morgan fingerprint density at radius 2 is 1.76 bits per heavy atom. The van der Waals surface area contributed by atoms with Gasteiger partial charge in [-0.15, -0.1) is 11.3 Å². The van der Waals surface area contributed by atoms with Crippen LogP contribution in [0.1, 0.15) is 10.6 Å². The quantitative estimate of drug-likeness (QED) is 0.468. The van der Waals surface area contributed by atoms with Crippen LogP contribution in [0, 0.1) is 0 Å². The zero-order valence-electron chi connectivity index (χ0n) is 15.8. The van der Waals surface area contributed by atoms with Crippen LogP contribution in [0.2, 0.25) is 0 Å². The molecule has 0 aliphatic carbocycles. The molecule has 0 aliphatic rings. The first-order chi connectivity index (χ1) is 14.2. The van der Waals surface area contributed by atoms with E-state index < -0.39 is 0 Å². The molecule has 7 heteroatoms. The van der Waals surface area contributed by atoms with Crippen LogP contribution in [0.25, 0.3) is 21.8 Å². The summed E-state index contributed by atoms with van der Waals surface area (Å²) < 4.78 is 15.8. The highest BCUT2D eigenvalue weighted by Gasteiger charge is 2.12. The van der Waals surface area contributed by atoms with E-state index in [1.807, 2.05) is 47.8 Å². The highest BCUT2D eigenvalue weighted by Crippen LogP contribution is 2.34. The number of ether oxygens (including phenoxy) is 2. The maximum atomic E-state index is 12.1. The summed E-state index contributed by atoms with van der Waals surface area (Å²) in [6.45, 7) is 0. The van der Waals surface area contributed by atoms with Gasteiger partial charge in [0.15, 0.2) is 17.3 Å². The summed E-state index contributed by atoms with van der Waals surface area (Å²) in [7, 11) is 3.22. The number of anilines is 1. The van der Waals surface area contributed by atoms with E-state index >= 15 is 0 Å². The first-order valence-corrected chi connectivity index (χ1v) is 9.69. The molecule has 4 rings (SSSR count). The smallest absolute Gasteiger partial charge is 0.291 e. The van der Waals surface area contributed by atoms with Gasteiger partial charge in [-0.2, -0.15) is 0 Å². The lowest BCUT2D eigenvalue weighted by molar-refractivity contribution is 0.0996. The SMILES string of the molecule is COc1ccc(-c2csc(-c3ccc(NC(=O)c4ccco4)cc3)n2)cc1OC. The molecule has 0 radical (unpaired) electrons. The molecule has 6 nitrogen and oxygen atoms in total. The third-order valence-electron chi connectivity index (χ3n) is 4.32. The second kappa shape index (κ2) is 8.20. The minimum absolute atomic E-state index is 0.272. The van der Waals surface area contributed by atoms with E-state index in [2.05, 4.69) is 5.32 Å². The number of amides is 1. The second-order valence-electron chi connectivity index (χ2n) is 6.12. The third-order valence-corrected chi connectivity index (χ3v) is 5.21. The number of carbonyl (C=O) groups is 1. The standard InChI is InChI=1S/C22H18N2O4S/c1-26-18-10-7-15(12-20(18)27-2)17-13-29-22(24-17)14-5-8-16(9-6-14)23-21(25)19-4-3-11-28-19/h3-13H,1-2H3,(H,23,25). The Bertz CT molecular complexity index is 1120. The first-order valence-electron chi connectivity index (χ1n) is 8.81. The Hall–Kier alpha value is -3.58. The van der Waals surface area contributed by atoms with E-state index in [4.69, 9.17) is 18.9 Å². The van der Waals surface area contributed by atoms with Crippen molar-refractivity contribution in [1.82, 2.24) is 4.98 Å². The van der Waals surface area contributed by atoms with Crippen LogP contribution >= 0.6 is 11.3 Å². The van der Waals surface area contributed by atoms with Gasteiger partial charge in [0.25, 0.3) is 5.91 Å². The zero-order chi connectivity index (χ0) is 20.2. The van der Waals surface area contributed by atoms with Crippen molar-refractivity contribution in [2.24, 2.45) is 0 Å². The normalized spacial score (nSPS) is 10.6. The van der Waals surface area contributed by atoms with Crippen LogP contribution in [0.5, 0.6) is 11.5 Å². The van der Waals surface area contributed by atoms with Gasteiger partial charge in [-0.1, -0.05) is 0 Å². The largest absolute Gasteiger partial charge is 0.493 e. The molecule has 2 heterocycles. The lowest BCUT2D eigenvalue weighted by Crippen LogP contribution is -2.10. The maximum absolute atomic E-state index is 12.1. The molecule has 0 saturated carbocycles. The van der Waals surface area contributed by atoms with Gasteiger partial charge in [-0.3, -0.25) is 4.79 Å². The predicted octanol–water partition coefficient (Wildman–Crippen LogP) is 5.34. The van der Waals surface area contributed by atoms with E-state index in [-0.39, 0.29) is 11.7 Å². The number of nitrogens with zero attached hydrogens (tertiary/aromatic N) is 1. The Kier molecular flexibility index (Phi) is 5.31. The third kappa shape index (κ3) is 4.00. The van der Waals surface area contributed by atoms with Gasteiger partial charge in [0.2, 0.25) is 0 Å². The number of rotatable bonds is 6. The van der Waals surface area contributed by atoms with Gasteiger partial charge in [-0.25, -0.2) is 4.98 Å². The lowest BCUT2D eigenvalue weighted by Gasteiger charge is -2.08. The average molecular weight is 406 g/mol. The molecular weight excluding hydrogens is 388 g/mol. The lowest BCUT2D eigenvalue weighted by atomic mass is 10.1. The van der Waals surface area contributed by atoms with Gasteiger partial charge in [0, 0.05) is 22.2 Å². The second-order valence-corrected chi connectivity index (χ2v) is 6.97. The van der Waals surface area contributed by atoms with Crippen molar-refractivity contribution in [3.8, 4) is 33.3 Å². The van der Waals surface area contributed by atoms with Crippen LogP contribution < -0.4 is 14.8 Å². The molecule has 2 aromatic heterocycles. The summed E-state index contributed by atoms with van der Waals surface area (Å²) >= 11 is 1.55. The molecule has 0 unspecified atom stereocenters. The molecular formula is C22H18N2O4S. The maximum Gasteiger partial charge on any atom is 0.291 e. The Labute approximate surface area is 171 Å². The van der Waals surface area contributed by atoms with Gasteiger partial charge in [-0.05, 0) is 54.6 Å². The highest BCUT2D eigenvalue weighted by molar-refractivity contribution is 7.13. The number of nitrogens with one attached hydrogen (secondary N) is 1. The number of furan rings is 1. The molecule has 146 valence electrons. The van der Waals surface area contributed by atoms with E-state index in [1.165, 1.54) is 6.26 Å². The first kappa shape index (κ1) is 18.8. The van der Waals surface area contributed by atoms with Gasteiger partial charge in [0.1, 0.15) is 5.01 Å². The van der Waals surface area contributed by atoms with Crippen LogP contribution in [-0.2, 0) is 0 Å². The van der Waals surface area contributed by atoms with Crippen molar-refractivity contribution in [2.75, 3.05) is 19.5 Å². The number of hydrogen-bond donors (Lipinski definition) is 1. The summed E-state index contributed by atoms with van der Waals surface area (Å²) in [4.78, 5) is 16.8. The topological polar surface area (TPSA) is 73.6 Å². The number of carbonyl (C=O) groups excluding carboxylic acids is 1. The number of thiazole rings is 1. The van der Waals surface area contributed by atoms with Crippen LogP contribution in [0.4, 0.5) is 5.69 Å². The van der Waals surface area contributed by atoms with E-state index in [9.17, 15) is 4.79 Å². The molecule has 0 saturated heterocycles. The Morgan fingerprint density at radius 3 is 2.45 bits per heavy atom. The van der Waals surface area contributed by atoms with Crippen molar-refractivity contribution >= 4 is 22.9 Å². The van der Waals surface area contributed by atoms with Gasteiger partial charge < -0.3 is 19.2 Å². The molecule has 2 aromatic carbocycles. The van der Waals surface area contributed by atoms with Gasteiger partial charge in [0.05, 0.1) is 26.2 Å². The van der Waals surface area contributed by atoms with E-state index in [0.717, 1.165) is 21.8 Å². The monoisotopic (exact) mass is 406 g/mol. The molecule has 0 fully saturated rings. The van der Waals surface area contributed by atoms with Gasteiger partial charge >= 0.3 is 0 Å². The number of aromatic nitrogens is 1. The fraction of sp³-hybridized carbons (Fsp3) is 0.0909. The molecule has 0 aliphatic heterocycles. The predicted molar refractivity (Wildman–Crippen MR) is 113 cm³/mol. The fourth-order valence-corrected chi connectivity index (χ4v) is 3.67. The van der Waals surface area contributed by atoms with E-state index in [0.29, 0.717) is 17.2 Å². The summed E-state index contributed by atoms with van der Waals surface area (Å²) in [6, 6.07) is 16.6. The van der Waals surface area contributed by atoms with Crippen molar-refractivity contribution in [2.45, 2.75) is 0 Å². The van der Waals surface area contributed by atoms with Crippen molar-refractivity contribution in [3.05, 3.63) is 72.0 Å². The molecule has 4 aromatic rings. The van der Waals surface area contributed by atoms with Crippen LogP contribution in [-0.4, -0.2) is 25.1 Å². The van der Waals surface area contributed by atoms with Crippen molar-refractivity contribution in [1.29, 1.82) is 0 Å². The van der Waals surface area contributed by atoms with Crippen LogP contribution in [0.15, 0.2) is 70.7 Å². The summed E-state index contributed by atoms with van der Waals surface area (Å²) in [6.07, 6.45) is 1.47.